The molecule has 2 aliphatic heterocycles. The van der Waals surface area contributed by atoms with Crippen LogP contribution in [0.3, 0.4) is 0 Å². The van der Waals surface area contributed by atoms with Crippen molar-refractivity contribution in [3.63, 3.8) is 0 Å². The van der Waals surface area contributed by atoms with E-state index in [0.29, 0.717) is 51.5 Å². The minimum atomic E-state index is -0.958. The molecule has 268 valence electrons. The third-order valence-corrected chi connectivity index (χ3v) is 8.52. The third-order valence-electron chi connectivity index (χ3n) is 8.52. The summed E-state index contributed by atoms with van der Waals surface area (Å²) in [7, 11) is 0. The summed E-state index contributed by atoms with van der Waals surface area (Å²) in [5.41, 5.74) is 0. The molecule has 2 aliphatic rings. The normalized spacial score (nSPS) is 27.4. The highest BCUT2D eigenvalue weighted by atomic mass is 16.2. The van der Waals surface area contributed by atoms with Crippen LogP contribution < -0.4 is 26.6 Å². The molecule has 0 saturated carbocycles. The van der Waals surface area contributed by atoms with Gasteiger partial charge in [0.25, 0.3) is 0 Å². The Labute approximate surface area is 282 Å². The highest BCUT2D eigenvalue weighted by Gasteiger charge is 2.40. The van der Waals surface area contributed by atoms with E-state index in [1.807, 2.05) is 69.2 Å². The predicted molar refractivity (Wildman–Crippen MR) is 182 cm³/mol. The maximum Gasteiger partial charge on any atom is 0.245 e. The van der Waals surface area contributed by atoms with Gasteiger partial charge in [-0.05, 0) is 74.5 Å². The summed E-state index contributed by atoms with van der Waals surface area (Å²) < 4.78 is 0. The fourth-order valence-electron chi connectivity index (χ4n) is 6.36. The molecule has 12 heteroatoms. The van der Waals surface area contributed by atoms with Crippen molar-refractivity contribution in [3.05, 3.63) is 0 Å². The molecule has 2 heterocycles. The average molecular weight is 663 g/mol. The zero-order valence-electron chi connectivity index (χ0n) is 30.4. The number of nitrogens with zero attached hydrogens (tertiary/aromatic N) is 1. The van der Waals surface area contributed by atoms with Crippen molar-refractivity contribution < 1.29 is 28.8 Å². The molecular weight excluding hydrogens is 600 g/mol. The molecule has 6 atom stereocenters. The van der Waals surface area contributed by atoms with Gasteiger partial charge in [-0.25, -0.2) is 0 Å². The van der Waals surface area contributed by atoms with Crippen molar-refractivity contribution in [1.29, 1.82) is 0 Å². The average Bonchev–Trinajstić information content (AvgIpc) is 3.43. The molecule has 12 nitrogen and oxygen atoms in total. The van der Waals surface area contributed by atoms with Crippen LogP contribution in [-0.2, 0) is 28.8 Å². The van der Waals surface area contributed by atoms with Gasteiger partial charge in [0.05, 0.1) is 0 Å². The van der Waals surface area contributed by atoms with Crippen molar-refractivity contribution >= 4 is 35.4 Å². The number of amides is 6. The first-order valence-electron chi connectivity index (χ1n) is 17.7. The molecule has 0 bridgehead atoms. The molecule has 0 aromatic rings. The van der Waals surface area contributed by atoms with Crippen molar-refractivity contribution in [2.24, 2.45) is 29.6 Å². The number of rotatable bonds is 10. The monoisotopic (exact) mass is 662 g/mol. The Hall–Kier alpha value is -3.18. The van der Waals surface area contributed by atoms with E-state index < -0.39 is 65.8 Å². The fourth-order valence-corrected chi connectivity index (χ4v) is 6.36. The van der Waals surface area contributed by atoms with E-state index in [1.165, 1.54) is 4.90 Å². The Morgan fingerprint density at radius 2 is 0.745 bits per heavy atom. The Kier molecular flexibility index (Phi) is 15.6. The van der Waals surface area contributed by atoms with Gasteiger partial charge < -0.3 is 31.5 Å². The number of hydrogen-bond donors (Lipinski definition) is 5. The van der Waals surface area contributed by atoms with E-state index in [0.717, 1.165) is 0 Å². The lowest BCUT2D eigenvalue weighted by Crippen LogP contribution is -2.61. The summed E-state index contributed by atoms with van der Waals surface area (Å²) >= 11 is 0. The van der Waals surface area contributed by atoms with Gasteiger partial charge in [0.2, 0.25) is 35.4 Å². The first-order valence-corrected chi connectivity index (χ1v) is 17.7. The standard InChI is InChI=1S/C35H62N6O6/c1-19(2)14-24-31(43)38-26(16-21(5)6)33(45)40-28(18-23(9)10)35(47)41-13-11-12-29(41)34(46)39-27(17-22(7)8)32(44)37-25(15-20(3)4)30(42)36-24/h19-29H,11-18H2,1-10H3,(H,36,42)(H,37,44)(H,38,43)(H,39,46)(H,40,45)/t24-,25-,26+,27-,28+,29-/m1/s1. The number of carbonyl (C=O) groups is 6. The zero-order valence-corrected chi connectivity index (χ0v) is 30.4. The van der Waals surface area contributed by atoms with Crippen LogP contribution in [0.2, 0.25) is 0 Å². The Bertz CT molecular complexity index is 1110. The van der Waals surface area contributed by atoms with Crippen molar-refractivity contribution in [3.8, 4) is 0 Å². The van der Waals surface area contributed by atoms with Crippen LogP contribution in [0.1, 0.15) is 114 Å². The molecule has 5 N–H and O–H groups in total. The Morgan fingerprint density at radius 1 is 0.468 bits per heavy atom. The predicted octanol–water partition coefficient (Wildman–Crippen LogP) is 2.65. The van der Waals surface area contributed by atoms with E-state index >= 15 is 0 Å². The smallest absolute Gasteiger partial charge is 0.245 e. The van der Waals surface area contributed by atoms with Gasteiger partial charge in [-0.15, -0.1) is 0 Å². The molecule has 0 spiro atoms. The summed E-state index contributed by atoms with van der Waals surface area (Å²) in [6.07, 6.45) is 2.66. The summed E-state index contributed by atoms with van der Waals surface area (Å²) in [4.78, 5) is 84.4. The second-order valence-corrected chi connectivity index (χ2v) is 15.6. The third kappa shape index (κ3) is 12.7. The summed E-state index contributed by atoms with van der Waals surface area (Å²) in [6.45, 7) is 19.7. The van der Waals surface area contributed by atoms with E-state index in [2.05, 4.69) is 26.6 Å². The van der Waals surface area contributed by atoms with Crippen LogP contribution in [0.4, 0.5) is 0 Å². The van der Waals surface area contributed by atoms with Gasteiger partial charge in [-0.3, -0.25) is 28.8 Å². The van der Waals surface area contributed by atoms with Crippen LogP contribution in [0, 0.1) is 29.6 Å². The molecule has 47 heavy (non-hydrogen) atoms. The molecule has 6 amide bonds. The van der Waals surface area contributed by atoms with Gasteiger partial charge >= 0.3 is 0 Å². The highest BCUT2D eigenvalue weighted by molar-refractivity contribution is 5.98. The minimum absolute atomic E-state index is 0.0338. The van der Waals surface area contributed by atoms with Crippen LogP contribution in [0.5, 0.6) is 0 Å². The molecule has 0 aliphatic carbocycles. The van der Waals surface area contributed by atoms with Crippen molar-refractivity contribution in [2.45, 2.75) is 150 Å². The second-order valence-electron chi connectivity index (χ2n) is 15.6. The van der Waals surface area contributed by atoms with Crippen molar-refractivity contribution in [1.82, 2.24) is 31.5 Å². The molecule has 2 saturated heterocycles. The van der Waals surface area contributed by atoms with E-state index in [9.17, 15) is 28.8 Å². The molecule has 0 aromatic heterocycles. The SMILES string of the molecule is CC(C)C[C@@H]1NC(=O)[C@@H](CC(C)C)NC(=O)[C@@H](CC(C)C)NC(=O)[C@@H](CC(C)C)NC(=O)[C@H]2CCCN2C(=O)[C@H](CC(C)C)NC1=O. The maximum atomic E-state index is 14.0. The van der Waals surface area contributed by atoms with Gasteiger partial charge in [-0.1, -0.05) is 69.2 Å². The van der Waals surface area contributed by atoms with Gasteiger partial charge in [0.15, 0.2) is 0 Å². The lowest BCUT2D eigenvalue weighted by molar-refractivity contribution is -0.143. The lowest BCUT2D eigenvalue weighted by atomic mass is 9.97. The number of nitrogens with one attached hydrogen (secondary N) is 5. The lowest BCUT2D eigenvalue weighted by Gasteiger charge is -2.33. The largest absolute Gasteiger partial charge is 0.343 e. The summed E-state index contributed by atoms with van der Waals surface area (Å²) in [5.74, 6) is -2.55. The topological polar surface area (TPSA) is 166 Å². The van der Waals surface area contributed by atoms with Gasteiger partial charge in [0.1, 0.15) is 36.3 Å². The fraction of sp³-hybridized carbons (Fsp3) is 0.829. The quantitative estimate of drug-likeness (QED) is 0.241. The molecular formula is C35H62N6O6. The molecule has 2 rings (SSSR count). The van der Waals surface area contributed by atoms with E-state index in [-0.39, 0.29) is 35.5 Å². The number of fused-ring (bicyclic) bond motifs is 1. The zero-order chi connectivity index (χ0) is 35.6. The van der Waals surface area contributed by atoms with Crippen LogP contribution in [0.25, 0.3) is 0 Å². The Morgan fingerprint density at radius 3 is 1.06 bits per heavy atom. The second kappa shape index (κ2) is 18.4. The van der Waals surface area contributed by atoms with E-state index in [1.54, 1.807) is 0 Å². The molecule has 0 aromatic carbocycles. The van der Waals surface area contributed by atoms with Crippen LogP contribution in [0.15, 0.2) is 0 Å². The minimum Gasteiger partial charge on any atom is -0.343 e. The molecule has 2 fully saturated rings. The van der Waals surface area contributed by atoms with Crippen molar-refractivity contribution in [2.75, 3.05) is 6.54 Å². The summed E-state index contributed by atoms with van der Waals surface area (Å²) in [5, 5.41) is 14.4. The van der Waals surface area contributed by atoms with Gasteiger partial charge in [-0.2, -0.15) is 0 Å². The highest BCUT2D eigenvalue weighted by Crippen LogP contribution is 2.22. The first kappa shape index (κ1) is 40.0. The van der Waals surface area contributed by atoms with Crippen LogP contribution >= 0.6 is 0 Å². The first-order chi connectivity index (χ1) is 21.9. The van der Waals surface area contributed by atoms with Crippen LogP contribution in [-0.4, -0.2) is 83.1 Å². The Balaban J connectivity index is 2.63. The molecule has 0 unspecified atom stereocenters. The maximum absolute atomic E-state index is 14.0. The summed E-state index contributed by atoms with van der Waals surface area (Å²) in [6, 6.07) is -5.49. The van der Waals surface area contributed by atoms with Gasteiger partial charge in [0, 0.05) is 6.54 Å². The number of carbonyl (C=O) groups excluding carboxylic acids is 6. The molecule has 0 radical (unpaired) electrons. The number of hydrogen-bond acceptors (Lipinski definition) is 6. The van der Waals surface area contributed by atoms with E-state index in [4.69, 9.17) is 0 Å².